The highest BCUT2D eigenvalue weighted by Gasteiger charge is 2.67. The molecular weight excluding hydrogens is 492 g/mol. The molecule has 0 unspecified atom stereocenters. The Balaban J connectivity index is 1.28. The molecule has 1 heterocycles. The van der Waals surface area contributed by atoms with Crippen molar-refractivity contribution in [1.29, 1.82) is 0 Å². The molecule has 6 atom stereocenters. The summed E-state index contributed by atoms with van der Waals surface area (Å²) >= 11 is 9.55. The van der Waals surface area contributed by atoms with Gasteiger partial charge in [0, 0.05) is 15.7 Å². The molecule has 1 saturated heterocycles. The van der Waals surface area contributed by atoms with E-state index < -0.39 is 0 Å². The monoisotopic (exact) mass is 510 g/mol. The Bertz CT molecular complexity index is 1210. The second kappa shape index (κ2) is 7.03. The number of nitrogens with one attached hydrogen (secondary N) is 1. The zero-order chi connectivity index (χ0) is 22.3. The molecule has 3 amide bonds. The van der Waals surface area contributed by atoms with Gasteiger partial charge in [0.15, 0.2) is 0 Å². The van der Waals surface area contributed by atoms with Crippen LogP contribution in [0.1, 0.15) is 22.3 Å². The number of benzene rings is 2. The smallest absolute Gasteiger partial charge is 0.255 e. The highest BCUT2D eigenvalue weighted by molar-refractivity contribution is 9.10. The Hall–Kier alpha value is -2.44. The van der Waals surface area contributed by atoms with E-state index in [0.29, 0.717) is 33.8 Å². The standard InChI is InChI=1S/C25H20BrClN2O3/c1-11-7-18(26)19(27)10-20(11)28-23(30)12-3-2-4-13(8-12)29-24(31)21-14-5-6-15(17-9-16(14)17)22(21)25(29)32/h2-8,10,14-17,21-22H,9H2,1H3,(H,28,30)/t14-,15-,16-,17+,21-,22+/m0/s1. The van der Waals surface area contributed by atoms with Crippen LogP contribution in [0.5, 0.6) is 0 Å². The van der Waals surface area contributed by atoms with Crippen LogP contribution in [0.25, 0.3) is 0 Å². The first kappa shape index (κ1) is 20.2. The summed E-state index contributed by atoms with van der Waals surface area (Å²) in [5.41, 5.74) is 2.30. The first-order chi connectivity index (χ1) is 15.3. The summed E-state index contributed by atoms with van der Waals surface area (Å²) in [6.45, 7) is 1.88. The van der Waals surface area contributed by atoms with Crippen molar-refractivity contribution in [1.82, 2.24) is 0 Å². The van der Waals surface area contributed by atoms with Crippen molar-refractivity contribution in [3.63, 3.8) is 0 Å². The lowest BCUT2D eigenvalue weighted by Gasteiger charge is -2.37. The van der Waals surface area contributed by atoms with Crippen LogP contribution < -0.4 is 10.2 Å². The Morgan fingerprint density at radius 3 is 2.38 bits per heavy atom. The number of rotatable bonds is 3. The summed E-state index contributed by atoms with van der Waals surface area (Å²) in [7, 11) is 0. The molecule has 2 aromatic rings. The van der Waals surface area contributed by atoms with Gasteiger partial charge in [0.05, 0.1) is 22.5 Å². The maximum Gasteiger partial charge on any atom is 0.255 e. The molecule has 0 radical (unpaired) electrons. The van der Waals surface area contributed by atoms with Crippen molar-refractivity contribution in [2.24, 2.45) is 35.5 Å². The van der Waals surface area contributed by atoms with Crippen LogP contribution in [0.15, 0.2) is 53.0 Å². The van der Waals surface area contributed by atoms with Crippen molar-refractivity contribution in [3.05, 3.63) is 69.2 Å². The number of nitrogens with zero attached hydrogens (tertiary/aromatic N) is 1. The Labute approximate surface area is 198 Å². The van der Waals surface area contributed by atoms with Crippen molar-refractivity contribution < 1.29 is 14.4 Å². The fourth-order valence-electron chi connectivity index (χ4n) is 5.97. The van der Waals surface area contributed by atoms with E-state index in [1.54, 1.807) is 30.3 Å². The molecular formula is C25H20BrClN2O3. The maximum absolute atomic E-state index is 13.3. The number of anilines is 2. The minimum absolute atomic E-state index is 0.127. The van der Waals surface area contributed by atoms with Gasteiger partial charge in [0.2, 0.25) is 11.8 Å². The number of allylic oxidation sites excluding steroid dienone is 2. The Morgan fingerprint density at radius 1 is 1.06 bits per heavy atom. The van der Waals surface area contributed by atoms with Gasteiger partial charge < -0.3 is 5.32 Å². The van der Waals surface area contributed by atoms with Gasteiger partial charge in [-0.2, -0.15) is 0 Å². The molecule has 32 heavy (non-hydrogen) atoms. The van der Waals surface area contributed by atoms with E-state index in [2.05, 4.69) is 33.4 Å². The van der Waals surface area contributed by atoms with Crippen LogP contribution in [0.3, 0.4) is 0 Å². The van der Waals surface area contributed by atoms with Gasteiger partial charge in [0.25, 0.3) is 5.91 Å². The molecule has 7 heteroatoms. The zero-order valence-electron chi connectivity index (χ0n) is 17.2. The quantitative estimate of drug-likeness (QED) is 0.454. The summed E-state index contributed by atoms with van der Waals surface area (Å²) in [6.07, 6.45) is 5.44. The van der Waals surface area contributed by atoms with Gasteiger partial charge in [-0.15, -0.1) is 0 Å². The maximum atomic E-state index is 13.3. The number of halogens is 2. The summed E-state index contributed by atoms with van der Waals surface area (Å²) < 4.78 is 0.755. The number of carbonyl (C=O) groups excluding carboxylic acids is 3. The minimum Gasteiger partial charge on any atom is -0.322 e. The van der Waals surface area contributed by atoms with Crippen molar-refractivity contribution in [3.8, 4) is 0 Å². The largest absolute Gasteiger partial charge is 0.322 e. The second-order valence-corrected chi connectivity index (χ2v) is 10.5. The van der Waals surface area contributed by atoms with Crippen LogP contribution in [0, 0.1) is 42.4 Å². The van der Waals surface area contributed by atoms with E-state index >= 15 is 0 Å². The van der Waals surface area contributed by atoms with Crippen molar-refractivity contribution in [2.75, 3.05) is 10.2 Å². The lowest BCUT2D eigenvalue weighted by Crippen LogP contribution is -2.40. The molecule has 0 aromatic heterocycles. The average molecular weight is 512 g/mol. The SMILES string of the molecule is Cc1cc(Br)c(Cl)cc1NC(=O)c1cccc(N2C(=O)[C@@H]3[C@H]4C=C[C@@H]([C@@H]5C[C@H]45)[C@@H]3C2=O)c1. The third kappa shape index (κ3) is 2.85. The zero-order valence-corrected chi connectivity index (χ0v) is 19.6. The third-order valence-electron chi connectivity index (χ3n) is 7.54. The predicted octanol–water partition coefficient (Wildman–Crippen LogP) is 5.22. The van der Waals surface area contributed by atoms with E-state index in [0.717, 1.165) is 16.5 Å². The highest BCUT2D eigenvalue weighted by Crippen LogP contribution is 2.65. The Kier molecular flexibility index (Phi) is 4.43. The number of hydrogen-bond donors (Lipinski definition) is 1. The van der Waals surface area contributed by atoms with Crippen LogP contribution in [-0.2, 0) is 9.59 Å². The van der Waals surface area contributed by atoms with Crippen LogP contribution in [0.2, 0.25) is 5.02 Å². The van der Waals surface area contributed by atoms with Crippen LogP contribution in [0.4, 0.5) is 11.4 Å². The van der Waals surface area contributed by atoms with E-state index in [1.807, 2.05) is 13.0 Å². The van der Waals surface area contributed by atoms with Crippen LogP contribution in [-0.4, -0.2) is 17.7 Å². The first-order valence-electron chi connectivity index (χ1n) is 10.8. The number of aryl methyl sites for hydroxylation is 1. The van der Waals surface area contributed by atoms with Gasteiger partial charge >= 0.3 is 0 Å². The summed E-state index contributed by atoms with van der Waals surface area (Å²) in [5.74, 6) is 0.365. The molecule has 4 aliphatic carbocycles. The topological polar surface area (TPSA) is 66.5 Å². The molecule has 2 aromatic carbocycles. The van der Waals surface area contributed by atoms with Gasteiger partial charge in [-0.25, -0.2) is 4.90 Å². The lowest BCUT2D eigenvalue weighted by atomic mass is 9.63. The van der Waals surface area contributed by atoms with Gasteiger partial charge in [-0.05, 0) is 88.8 Å². The van der Waals surface area contributed by atoms with E-state index in [-0.39, 0.29) is 41.4 Å². The molecule has 0 spiro atoms. The fraction of sp³-hybridized carbons (Fsp3) is 0.320. The molecule has 2 bridgehead atoms. The van der Waals surface area contributed by atoms with Crippen molar-refractivity contribution in [2.45, 2.75) is 13.3 Å². The average Bonchev–Trinajstić information content (AvgIpc) is 3.55. The lowest BCUT2D eigenvalue weighted by molar-refractivity contribution is -0.124. The number of hydrogen-bond acceptors (Lipinski definition) is 3. The molecule has 162 valence electrons. The molecule has 3 fully saturated rings. The first-order valence-corrected chi connectivity index (χ1v) is 12.0. The van der Waals surface area contributed by atoms with Gasteiger partial charge in [-0.3, -0.25) is 14.4 Å². The predicted molar refractivity (Wildman–Crippen MR) is 125 cm³/mol. The number of amides is 3. The van der Waals surface area contributed by atoms with Gasteiger partial charge in [0.1, 0.15) is 0 Å². The number of imide groups is 1. The summed E-state index contributed by atoms with van der Waals surface area (Å²) in [4.78, 5) is 40.9. The minimum atomic E-state index is -0.326. The van der Waals surface area contributed by atoms with Crippen LogP contribution >= 0.6 is 27.5 Å². The fourth-order valence-corrected chi connectivity index (χ4v) is 6.59. The molecule has 7 rings (SSSR count). The normalized spacial score (nSPS) is 31.5. The highest BCUT2D eigenvalue weighted by atomic mass is 79.9. The van der Waals surface area contributed by atoms with Gasteiger partial charge in [-0.1, -0.05) is 29.8 Å². The van der Waals surface area contributed by atoms with E-state index in [1.165, 1.54) is 4.90 Å². The molecule has 2 saturated carbocycles. The third-order valence-corrected chi connectivity index (χ3v) is 8.74. The summed E-state index contributed by atoms with van der Waals surface area (Å²) in [5, 5.41) is 3.37. The number of carbonyl (C=O) groups is 3. The molecule has 1 N–H and O–H groups in total. The van der Waals surface area contributed by atoms with E-state index in [9.17, 15) is 14.4 Å². The molecule has 5 aliphatic rings. The van der Waals surface area contributed by atoms with E-state index in [4.69, 9.17) is 11.6 Å². The molecule has 5 nitrogen and oxygen atoms in total. The summed E-state index contributed by atoms with van der Waals surface area (Å²) in [6, 6.07) is 10.3. The second-order valence-electron chi connectivity index (χ2n) is 9.25. The Morgan fingerprint density at radius 2 is 1.72 bits per heavy atom. The van der Waals surface area contributed by atoms with Crippen molar-refractivity contribution >= 4 is 56.6 Å². The molecule has 1 aliphatic heterocycles.